The predicted octanol–water partition coefficient (Wildman–Crippen LogP) is 3.97. The van der Waals surface area contributed by atoms with Gasteiger partial charge in [-0.15, -0.1) is 22.7 Å². The van der Waals surface area contributed by atoms with E-state index in [1.54, 1.807) is 22.7 Å². The fourth-order valence-electron chi connectivity index (χ4n) is 4.68. The molecule has 2 aliphatic rings. The maximum atomic E-state index is 5.53. The Bertz CT molecular complexity index is 1220. The first-order chi connectivity index (χ1) is 16.8. The van der Waals surface area contributed by atoms with Crippen LogP contribution in [-0.4, -0.2) is 77.2 Å². The summed E-state index contributed by atoms with van der Waals surface area (Å²) in [4.78, 5) is 24.4. The van der Waals surface area contributed by atoms with Crippen LogP contribution in [0.15, 0.2) is 47.3 Å². The first-order valence-corrected chi connectivity index (χ1v) is 13.6. The molecule has 0 aromatic carbocycles. The van der Waals surface area contributed by atoms with Crippen LogP contribution in [0.25, 0.3) is 20.7 Å². The summed E-state index contributed by atoms with van der Waals surface area (Å²) in [5, 5.41) is 5.60. The number of piperazine rings is 1. The lowest BCUT2D eigenvalue weighted by Gasteiger charge is -2.36. The highest BCUT2D eigenvalue weighted by Crippen LogP contribution is 2.40. The second-order valence-electron chi connectivity index (χ2n) is 8.74. The van der Waals surface area contributed by atoms with Gasteiger partial charge in [0.15, 0.2) is 0 Å². The number of nitrogens with zero attached hydrogens (tertiary/aromatic N) is 6. The van der Waals surface area contributed by atoms with Crippen LogP contribution in [0.5, 0.6) is 0 Å². The van der Waals surface area contributed by atoms with Gasteiger partial charge in [0.1, 0.15) is 16.5 Å². The van der Waals surface area contributed by atoms with Gasteiger partial charge in [0.05, 0.1) is 30.8 Å². The second kappa shape index (κ2) is 10.1. The van der Waals surface area contributed by atoms with Crippen molar-refractivity contribution < 1.29 is 4.74 Å². The monoisotopic (exact) mass is 492 g/mol. The Labute approximate surface area is 207 Å². The van der Waals surface area contributed by atoms with Gasteiger partial charge >= 0.3 is 0 Å². The highest BCUT2D eigenvalue weighted by atomic mass is 32.1. The van der Waals surface area contributed by atoms with E-state index in [4.69, 9.17) is 14.7 Å². The molecule has 0 saturated carbocycles. The summed E-state index contributed by atoms with van der Waals surface area (Å²) in [7, 11) is 0. The molecule has 176 valence electrons. The van der Waals surface area contributed by atoms with Gasteiger partial charge in [-0.2, -0.15) is 0 Å². The van der Waals surface area contributed by atoms with Crippen molar-refractivity contribution in [1.29, 1.82) is 0 Å². The number of pyridine rings is 1. The van der Waals surface area contributed by atoms with Crippen LogP contribution in [-0.2, 0) is 17.8 Å². The lowest BCUT2D eigenvalue weighted by molar-refractivity contribution is 0.0331. The summed E-state index contributed by atoms with van der Waals surface area (Å²) in [6.45, 7) is 9.03. The number of rotatable bonds is 6. The molecule has 2 fully saturated rings. The molecule has 0 aliphatic carbocycles. The highest BCUT2D eigenvalue weighted by Gasteiger charge is 2.25. The molecular weight excluding hydrogens is 464 g/mol. The molecule has 6 heterocycles. The maximum Gasteiger partial charge on any atom is 0.146 e. The van der Waals surface area contributed by atoms with Gasteiger partial charge < -0.3 is 9.64 Å². The van der Waals surface area contributed by atoms with Crippen molar-refractivity contribution in [2.75, 3.05) is 57.4 Å². The highest BCUT2D eigenvalue weighted by molar-refractivity contribution is 7.18. The molecule has 0 unspecified atom stereocenters. The number of hydrogen-bond donors (Lipinski definition) is 0. The van der Waals surface area contributed by atoms with E-state index in [2.05, 4.69) is 54.7 Å². The van der Waals surface area contributed by atoms with Crippen LogP contribution in [0.3, 0.4) is 0 Å². The third-order valence-electron chi connectivity index (χ3n) is 6.50. The lowest BCUT2D eigenvalue weighted by Crippen LogP contribution is -2.46. The van der Waals surface area contributed by atoms with Gasteiger partial charge in [0.2, 0.25) is 0 Å². The van der Waals surface area contributed by atoms with Crippen molar-refractivity contribution in [2.24, 2.45) is 0 Å². The Morgan fingerprint density at radius 3 is 2.47 bits per heavy atom. The van der Waals surface area contributed by atoms with Crippen LogP contribution in [0.1, 0.15) is 11.5 Å². The van der Waals surface area contributed by atoms with Gasteiger partial charge in [-0.05, 0) is 23.6 Å². The van der Waals surface area contributed by atoms with Crippen molar-refractivity contribution in [3.8, 4) is 10.4 Å². The summed E-state index contributed by atoms with van der Waals surface area (Å²) in [5.74, 6) is 2.01. The van der Waals surface area contributed by atoms with Crippen LogP contribution < -0.4 is 4.90 Å². The number of morpholine rings is 1. The van der Waals surface area contributed by atoms with Crippen LogP contribution >= 0.6 is 22.7 Å². The third-order valence-corrected chi connectivity index (χ3v) is 8.28. The summed E-state index contributed by atoms with van der Waals surface area (Å²) in [5.41, 5.74) is 2.39. The van der Waals surface area contributed by atoms with Crippen LogP contribution in [0.4, 0.5) is 5.82 Å². The van der Waals surface area contributed by atoms with E-state index < -0.39 is 0 Å². The predicted molar refractivity (Wildman–Crippen MR) is 139 cm³/mol. The van der Waals surface area contributed by atoms with E-state index in [-0.39, 0.29) is 0 Å². The summed E-state index contributed by atoms with van der Waals surface area (Å²) in [6.07, 6.45) is 1.88. The average molecular weight is 493 g/mol. The molecule has 0 N–H and O–H groups in total. The maximum absolute atomic E-state index is 5.53. The van der Waals surface area contributed by atoms with Gasteiger partial charge in [0.25, 0.3) is 0 Å². The zero-order valence-corrected chi connectivity index (χ0v) is 20.7. The third kappa shape index (κ3) is 4.71. The Kier molecular flexibility index (Phi) is 6.52. The molecule has 0 radical (unpaired) electrons. The number of thiophene rings is 2. The molecule has 2 saturated heterocycles. The van der Waals surface area contributed by atoms with E-state index in [9.17, 15) is 0 Å². The largest absolute Gasteiger partial charge is 0.379 e. The Morgan fingerprint density at radius 2 is 1.71 bits per heavy atom. The first kappa shape index (κ1) is 22.1. The quantitative estimate of drug-likeness (QED) is 0.404. The van der Waals surface area contributed by atoms with E-state index in [1.165, 1.54) is 15.8 Å². The van der Waals surface area contributed by atoms with Crippen molar-refractivity contribution in [3.05, 3.63) is 58.8 Å². The van der Waals surface area contributed by atoms with E-state index in [1.807, 2.05) is 12.3 Å². The Balaban J connectivity index is 1.29. The molecule has 34 heavy (non-hydrogen) atoms. The molecule has 6 rings (SSSR count). The normalized spacial score (nSPS) is 18.1. The summed E-state index contributed by atoms with van der Waals surface area (Å²) in [6, 6.07) is 10.5. The number of ether oxygens (including phenoxy) is 1. The van der Waals surface area contributed by atoms with E-state index in [0.717, 1.165) is 87.7 Å². The minimum Gasteiger partial charge on any atom is -0.379 e. The molecule has 2 aliphatic heterocycles. The van der Waals surface area contributed by atoms with Gasteiger partial charge in [-0.25, -0.2) is 9.97 Å². The number of anilines is 1. The molecule has 0 spiro atoms. The van der Waals surface area contributed by atoms with Crippen molar-refractivity contribution in [1.82, 2.24) is 24.8 Å². The Morgan fingerprint density at radius 1 is 0.853 bits per heavy atom. The minimum absolute atomic E-state index is 0.776. The zero-order chi connectivity index (χ0) is 22.7. The van der Waals surface area contributed by atoms with Crippen molar-refractivity contribution in [3.63, 3.8) is 0 Å². The molecular formula is C25H28N6OS2. The summed E-state index contributed by atoms with van der Waals surface area (Å²) >= 11 is 3.52. The van der Waals surface area contributed by atoms with E-state index in [0.29, 0.717) is 0 Å². The molecule has 0 bridgehead atoms. The molecule has 9 heteroatoms. The fourth-order valence-corrected chi connectivity index (χ4v) is 6.45. The SMILES string of the molecule is c1ccc(CN2CCN(c3nc(CN4CCOCC4)nc4scc(-c5cccs5)c34)CC2)nc1. The minimum atomic E-state index is 0.776. The zero-order valence-electron chi connectivity index (χ0n) is 19.1. The number of hydrogen-bond acceptors (Lipinski definition) is 9. The van der Waals surface area contributed by atoms with Crippen molar-refractivity contribution >= 4 is 38.7 Å². The number of aromatic nitrogens is 3. The fraction of sp³-hybridized carbons (Fsp3) is 0.400. The molecule has 7 nitrogen and oxygen atoms in total. The Hall–Kier alpha value is -2.43. The van der Waals surface area contributed by atoms with Gasteiger partial charge in [-0.1, -0.05) is 12.1 Å². The second-order valence-corrected chi connectivity index (χ2v) is 10.5. The topological polar surface area (TPSA) is 57.6 Å². The van der Waals surface area contributed by atoms with Crippen LogP contribution in [0.2, 0.25) is 0 Å². The first-order valence-electron chi connectivity index (χ1n) is 11.8. The van der Waals surface area contributed by atoms with Gasteiger partial charge in [-0.3, -0.25) is 14.8 Å². The molecule has 4 aromatic rings. The smallest absolute Gasteiger partial charge is 0.146 e. The van der Waals surface area contributed by atoms with Crippen LogP contribution in [0, 0.1) is 0 Å². The lowest BCUT2D eigenvalue weighted by atomic mass is 10.1. The average Bonchev–Trinajstić information content (AvgIpc) is 3.56. The standard InChI is InChI=1S/C25H28N6OS2/c1-2-6-26-19(4-1)16-29-7-9-31(10-8-29)24-23-20(21-5-3-15-33-21)18-34-25(23)28-22(27-24)17-30-11-13-32-14-12-30/h1-6,15,18H,7-14,16-17H2. The molecule has 0 amide bonds. The summed E-state index contributed by atoms with van der Waals surface area (Å²) < 4.78 is 5.53. The molecule has 0 atom stereocenters. The number of fused-ring (bicyclic) bond motifs is 1. The molecule has 4 aromatic heterocycles. The van der Waals surface area contributed by atoms with Gasteiger partial charge in [0, 0.05) is 67.8 Å². The van der Waals surface area contributed by atoms with E-state index >= 15 is 0 Å². The van der Waals surface area contributed by atoms with Crippen molar-refractivity contribution in [2.45, 2.75) is 13.1 Å².